The molecule has 0 aliphatic rings. The summed E-state index contributed by atoms with van der Waals surface area (Å²) in [5, 5.41) is 13.4. The number of benzene rings is 1. The number of aromatic amines is 2. The number of pyridine rings is 2. The highest BCUT2D eigenvalue weighted by Crippen LogP contribution is 2.34. The summed E-state index contributed by atoms with van der Waals surface area (Å²) in [4.78, 5) is 12.1. The molecule has 0 aliphatic carbocycles. The number of nitrogens with zero attached hydrogens (tertiary/aromatic N) is 3. The van der Waals surface area contributed by atoms with Gasteiger partial charge in [0.1, 0.15) is 5.69 Å². The number of H-pyrrole nitrogens is 2. The topological polar surface area (TPSA) is 82.3 Å². The van der Waals surface area contributed by atoms with Gasteiger partial charge in [-0.25, -0.2) is 0 Å². The lowest BCUT2D eigenvalue weighted by Gasteiger charge is -2.11. The molecule has 0 saturated heterocycles. The fourth-order valence-electron chi connectivity index (χ4n) is 4.64. The minimum Gasteiger partial charge on any atom is -0.359 e. The molecule has 4 aromatic heterocycles. The molecule has 38 heavy (non-hydrogen) atoms. The van der Waals surface area contributed by atoms with Crippen LogP contribution in [-0.4, -0.2) is 25.1 Å². The molecule has 0 unspecified atom stereocenters. The average Bonchev–Trinajstić information content (AvgIpc) is 3.58. The molecule has 3 N–H and O–H groups in total. The third-order valence-electron chi connectivity index (χ3n) is 6.68. The molecule has 0 spiro atoms. The van der Waals surface area contributed by atoms with E-state index in [2.05, 4.69) is 87.0 Å². The summed E-state index contributed by atoms with van der Waals surface area (Å²) in [6.07, 6.45) is 16.6. The molecule has 0 bridgehead atoms. The number of hydrogen-bond acceptors (Lipinski definition) is 4. The smallest absolute Gasteiger partial charge is 0.116 e. The predicted octanol–water partition coefficient (Wildman–Crippen LogP) is 7.93. The molecule has 6 nitrogen and oxygen atoms in total. The molecule has 0 fully saturated rings. The second kappa shape index (κ2) is 11.1. The van der Waals surface area contributed by atoms with Crippen molar-refractivity contribution in [1.82, 2.24) is 30.5 Å². The predicted molar refractivity (Wildman–Crippen MR) is 158 cm³/mol. The number of nitrogens with one attached hydrogen (secondary N) is 3. The van der Waals surface area contributed by atoms with Crippen LogP contribution in [-0.2, 0) is 0 Å². The van der Waals surface area contributed by atoms with Crippen molar-refractivity contribution in [3.05, 3.63) is 110 Å². The van der Waals surface area contributed by atoms with Crippen LogP contribution >= 0.6 is 0 Å². The Balaban J connectivity index is 1.52. The van der Waals surface area contributed by atoms with E-state index in [1.165, 1.54) is 0 Å². The van der Waals surface area contributed by atoms with Crippen LogP contribution in [0.5, 0.6) is 0 Å². The van der Waals surface area contributed by atoms with Crippen molar-refractivity contribution in [2.45, 2.75) is 33.1 Å². The summed E-state index contributed by atoms with van der Waals surface area (Å²) in [5.74, 6) is 0. The molecule has 6 heteroatoms. The summed E-state index contributed by atoms with van der Waals surface area (Å²) >= 11 is 0. The number of allylic oxidation sites excluding steroid dienone is 5. The van der Waals surface area contributed by atoms with Crippen molar-refractivity contribution < 1.29 is 0 Å². The van der Waals surface area contributed by atoms with E-state index in [1.54, 1.807) is 12.4 Å². The number of rotatable bonds is 10. The Morgan fingerprint density at radius 2 is 1.87 bits per heavy atom. The maximum absolute atomic E-state index is 4.67. The lowest BCUT2D eigenvalue weighted by atomic mass is 10.0. The molecule has 4 heterocycles. The largest absolute Gasteiger partial charge is 0.359 e. The third-order valence-corrected chi connectivity index (χ3v) is 6.68. The molecule has 5 rings (SSSR count). The molecule has 5 aromatic rings. The van der Waals surface area contributed by atoms with E-state index in [1.807, 2.05) is 37.5 Å². The number of hydrogen-bond donors (Lipinski definition) is 3. The van der Waals surface area contributed by atoms with Crippen molar-refractivity contribution in [1.29, 1.82) is 0 Å². The number of fused-ring (bicyclic) bond motifs is 2. The highest BCUT2D eigenvalue weighted by molar-refractivity contribution is 6.01. The molecule has 0 saturated carbocycles. The normalized spacial score (nSPS) is 12.3. The monoisotopic (exact) mass is 500 g/mol. The quantitative estimate of drug-likeness (QED) is 0.170. The second-order valence-electron chi connectivity index (χ2n) is 9.28. The van der Waals surface area contributed by atoms with E-state index in [-0.39, 0.29) is 0 Å². The van der Waals surface area contributed by atoms with E-state index in [0.29, 0.717) is 0 Å². The molecule has 0 radical (unpaired) electrons. The standard InChI is InChI=1S/C32H32N6/c1-5-8-9-21(4)35-25(7-3)16-22(6-2)24-10-11-29-27(17-24)32(38-37-29)30-18-26-28(19-34-20-31(26)36-30)23-12-14-33-15-13-23/h6-7,10-20,35-36H,3-5,8-9H2,1-2H3,(H,37,38)/b22-6+,25-16+. The van der Waals surface area contributed by atoms with Gasteiger partial charge in [0.2, 0.25) is 0 Å². The first kappa shape index (κ1) is 25.0. The van der Waals surface area contributed by atoms with Crippen molar-refractivity contribution in [3.8, 4) is 22.5 Å². The zero-order valence-electron chi connectivity index (χ0n) is 21.9. The van der Waals surface area contributed by atoms with Crippen molar-refractivity contribution >= 4 is 27.4 Å². The van der Waals surface area contributed by atoms with E-state index in [4.69, 9.17) is 0 Å². The molecular weight excluding hydrogens is 468 g/mol. The molecule has 1 aromatic carbocycles. The molecule has 190 valence electrons. The van der Waals surface area contributed by atoms with Gasteiger partial charge in [-0.15, -0.1) is 0 Å². The van der Waals surface area contributed by atoms with Crippen LogP contribution in [0.4, 0.5) is 0 Å². The van der Waals surface area contributed by atoms with Crippen molar-refractivity contribution in [2.75, 3.05) is 0 Å². The molecule has 0 aliphatic heterocycles. The summed E-state index contributed by atoms with van der Waals surface area (Å²) in [7, 11) is 0. The zero-order chi connectivity index (χ0) is 26.5. The fraction of sp³-hybridized carbons (Fsp3) is 0.156. The van der Waals surface area contributed by atoms with Crippen LogP contribution in [0.1, 0.15) is 38.7 Å². The summed E-state index contributed by atoms with van der Waals surface area (Å²) in [5.41, 5.74) is 9.99. The summed E-state index contributed by atoms with van der Waals surface area (Å²) in [6, 6.07) is 12.5. The highest BCUT2D eigenvalue weighted by Gasteiger charge is 2.15. The van der Waals surface area contributed by atoms with Gasteiger partial charge < -0.3 is 10.3 Å². The lowest BCUT2D eigenvalue weighted by Crippen LogP contribution is -2.10. The first-order valence-corrected chi connectivity index (χ1v) is 12.9. The van der Waals surface area contributed by atoms with Crippen LogP contribution in [0.3, 0.4) is 0 Å². The lowest BCUT2D eigenvalue weighted by molar-refractivity contribution is 0.751. The Morgan fingerprint density at radius 3 is 2.63 bits per heavy atom. The Morgan fingerprint density at radius 1 is 1.03 bits per heavy atom. The first-order valence-electron chi connectivity index (χ1n) is 12.9. The minimum absolute atomic E-state index is 0.869. The van der Waals surface area contributed by atoms with Gasteiger partial charge in [0.25, 0.3) is 0 Å². The summed E-state index contributed by atoms with van der Waals surface area (Å²) < 4.78 is 0. The molecular formula is C32H32N6. The average molecular weight is 501 g/mol. The van der Waals surface area contributed by atoms with Crippen LogP contribution < -0.4 is 5.32 Å². The maximum Gasteiger partial charge on any atom is 0.116 e. The van der Waals surface area contributed by atoms with Gasteiger partial charge in [0.05, 0.1) is 22.9 Å². The second-order valence-corrected chi connectivity index (χ2v) is 9.28. The van der Waals surface area contributed by atoms with Gasteiger partial charge in [-0.05, 0) is 78.9 Å². The SMILES string of the molecule is C=C/C(=C\C(=C/C)c1ccc2[nH]nc(-c3cc4c(-c5ccncc5)cncc4[nH]3)c2c1)NC(=C)CCCC. The van der Waals surface area contributed by atoms with Crippen molar-refractivity contribution in [3.63, 3.8) is 0 Å². The van der Waals surface area contributed by atoms with Gasteiger partial charge in [0, 0.05) is 46.3 Å². The van der Waals surface area contributed by atoms with Crippen LogP contribution in [0.2, 0.25) is 0 Å². The van der Waals surface area contributed by atoms with Crippen LogP contribution in [0.25, 0.3) is 49.9 Å². The van der Waals surface area contributed by atoms with Gasteiger partial charge in [-0.3, -0.25) is 15.1 Å². The van der Waals surface area contributed by atoms with E-state index in [0.717, 1.165) is 86.1 Å². The van der Waals surface area contributed by atoms with Gasteiger partial charge in [-0.1, -0.05) is 38.6 Å². The Labute approximate surface area is 222 Å². The summed E-state index contributed by atoms with van der Waals surface area (Å²) in [6.45, 7) is 12.4. The first-order chi connectivity index (χ1) is 18.6. The third kappa shape index (κ3) is 5.06. The van der Waals surface area contributed by atoms with Crippen molar-refractivity contribution in [2.24, 2.45) is 0 Å². The van der Waals surface area contributed by atoms with Crippen LogP contribution in [0, 0.1) is 0 Å². The maximum atomic E-state index is 4.67. The van der Waals surface area contributed by atoms with Gasteiger partial charge in [0.15, 0.2) is 0 Å². The fourth-order valence-corrected chi connectivity index (χ4v) is 4.64. The van der Waals surface area contributed by atoms with Gasteiger partial charge in [-0.2, -0.15) is 5.10 Å². The van der Waals surface area contributed by atoms with Gasteiger partial charge >= 0.3 is 0 Å². The molecule has 0 amide bonds. The number of aromatic nitrogens is 5. The van der Waals surface area contributed by atoms with E-state index >= 15 is 0 Å². The van der Waals surface area contributed by atoms with E-state index < -0.39 is 0 Å². The zero-order valence-corrected chi connectivity index (χ0v) is 21.9. The molecule has 0 atom stereocenters. The minimum atomic E-state index is 0.869. The van der Waals surface area contributed by atoms with E-state index in [9.17, 15) is 0 Å². The highest BCUT2D eigenvalue weighted by atomic mass is 15.1. The Bertz CT molecular complexity index is 1670. The Hall–Kier alpha value is -4.71. The number of unbranched alkanes of at least 4 members (excludes halogenated alkanes) is 1. The van der Waals surface area contributed by atoms with Crippen LogP contribution in [0.15, 0.2) is 104 Å². The Kier molecular flexibility index (Phi) is 7.31.